The molecular weight excluding hydrogens is 699 g/mol. The Kier molecular flexibility index (Phi) is 18.2. The Hall–Kier alpha value is -4.21. The van der Waals surface area contributed by atoms with E-state index in [0.29, 0.717) is 17.1 Å². The molecule has 1 fully saturated rings. The summed E-state index contributed by atoms with van der Waals surface area (Å²) in [5.74, 6) is 1.53. The molecule has 5 rings (SSSR count). The lowest BCUT2D eigenvalue weighted by atomic mass is 9.90. The Labute approximate surface area is 336 Å². The highest BCUT2D eigenvalue weighted by Crippen LogP contribution is 2.42. The van der Waals surface area contributed by atoms with Crippen molar-refractivity contribution < 1.29 is 24.1 Å². The summed E-state index contributed by atoms with van der Waals surface area (Å²) in [6, 6.07) is 32.3. The van der Waals surface area contributed by atoms with E-state index in [1.807, 2.05) is 91.0 Å². The molecular formula is C48H65N3O5. The fourth-order valence-electron chi connectivity index (χ4n) is 7.40. The predicted octanol–water partition coefficient (Wildman–Crippen LogP) is 12.4. The van der Waals surface area contributed by atoms with Crippen LogP contribution in [-0.2, 0) is 16.1 Å². The molecule has 1 aliphatic rings. The van der Waals surface area contributed by atoms with E-state index in [4.69, 9.17) is 14.2 Å². The van der Waals surface area contributed by atoms with E-state index >= 15 is 0 Å². The number of ether oxygens (including phenoxy) is 3. The zero-order chi connectivity index (χ0) is 39.4. The molecule has 1 heterocycles. The van der Waals surface area contributed by atoms with Gasteiger partial charge in [-0.15, -0.1) is 0 Å². The van der Waals surface area contributed by atoms with Gasteiger partial charge in [0.05, 0.1) is 18.8 Å². The van der Waals surface area contributed by atoms with E-state index in [1.54, 1.807) is 0 Å². The first-order valence-corrected chi connectivity index (χ1v) is 21.2. The molecule has 0 saturated carbocycles. The highest BCUT2D eigenvalue weighted by molar-refractivity contribution is 5.99. The maximum absolute atomic E-state index is 13.1. The van der Waals surface area contributed by atoms with Crippen molar-refractivity contribution >= 4 is 17.4 Å². The first-order chi connectivity index (χ1) is 27.4. The lowest BCUT2D eigenvalue weighted by Gasteiger charge is -2.43. The normalized spacial score (nSPS) is 18.2. The molecule has 0 aromatic heterocycles. The van der Waals surface area contributed by atoms with Crippen LogP contribution in [0, 0.1) is 5.92 Å². The highest BCUT2D eigenvalue weighted by atomic mass is 16.7. The van der Waals surface area contributed by atoms with Crippen LogP contribution in [0.4, 0.5) is 16.2 Å². The third kappa shape index (κ3) is 14.1. The van der Waals surface area contributed by atoms with Gasteiger partial charge in [-0.3, -0.25) is 0 Å². The van der Waals surface area contributed by atoms with Gasteiger partial charge in [0.2, 0.25) is 0 Å². The molecule has 0 bridgehead atoms. The highest BCUT2D eigenvalue weighted by Gasteiger charge is 2.39. The fourth-order valence-corrected chi connectivity index (χ4v) is 7.40. The molecule has 1 aliphatic heterocycles. The summed E-state index contributed by atoms with van der Waals surface area (Å²) in [4.78, 5) is 15.8. The molecule has 302 valence electrons. The lowest BCUT2D eigenvalue weighted by Crippen LogP contribution is -2.45. The minimum Gasteiger partial charge on any atom is -0.457 e. The van der Waals surface area contributed by atoms with Crippen molar-refractivity contribution in [3.63, 3.8) is 0 Å². The van der Waals surface area contributed by atoms with E-state index in [2.05, 4.69) is 48.4 Å². The second kappa shape index (κ2) is 23.8. The van der Waals surface area contributed by atoms with Crippen LogP contribution in [0.15, 0.2) is 103 Å². The Bertz CT molecular complexity index is 1670. The third-order valence-corrected chi connectivity index (χ3v) is 10.7. The average Bonchev–Trinajstić information content (AvgIpc) is 3.22. The summed E-state index contributed by atoms with van der Waals surface area (Å²) < 4.78 is 19.6. The van der Waals surface area contributed by atoms with Crippen LogP contribution in [0.1, 0.15) is 127 Å². The standard InChI is InChI=1S/C48H65N3O5/c1-4-6-8-10-12-17-32-51(33-18-13-11-9-7-5-2)35-45-37(3)46(39-26-24-38(36-52)25-27-39)56-47(55-45)40-20-19-21-42(34-40)50-48(53)49-41-28-30-44(31-29-41)54-43-22-15-14-16-23-43/h14-16,19-31,34,37,45-47,52H,4-13,17-18,32-33,35-36H2,1-3H3,(H2,49,50,53)/t37-,45+,46+,47+/m1/s1. The number of hydrogen-bond acceptors (Lipinski definition) is 6. The van der Waals surface area contributed by atoms with Gasteiger partial charge in [-0.05, 0) is 85.6 Å². The van der Waals surface area contributed by atoms with Gasteiger partial charge in [-0.25, -0.2) is 4.79 Å². The predicted molar refractivity (Wildman–Crippen MR) is 228 cm³/mol. The number of carbonyl (C=O) groups is 1. The van der Waals surface area contributed by atoms with Crippen molar-refractivity contribution in [2.45, 2.75) is 123 Å². The summed E-state index contributed by atoms with van der Waals surface area (Å²) in [5, 5.41) is 15.6. The van der Waals surface area contributed by atoms with Crippen molar-refractivity contribution in [2.75, 3.05) is 30.3 Å². The van der Waals surface area contributed by atoms with E-state index in [9.17, 15) is 9.90 Å². The van der Waals surface area contributed by atoms with E-state index < -0.39 is 6.29 Å². The summed E-state index contributed by atoms with van der Waals surface area (Å²) in [6.07, 6.45) is 14.5. The van der Waals surface area contributed by atoms with Crippen molar-refractivity contribution in [3.05, 3.63) is 120 Å². The first kappa shape index (κ1) is 42.9. The van der Waals surface area contributed by atoms with Crippen molar-refractivity contribution in [3.8, 4) is 11.5 Å². The topological polar surface area (TPSA) is 92.3 Å². The number of nitrogens with zero attached hydrogens (tertiary/aromatic N) is 1. The summed E-state index contributed by atoms with van der Waals surface area (Å²) in [6.45, 7) is 9.77. The summed E-state index contributed by atoms with van der Waals surface area (Å²) in [7, 11) is 0. The van der Waals surface area contributed by atoms with Gasteiger partial charge >= 0.3 is 6.03 Å². The molecule has 8 heteroatoms. The van der Waals surface area contributed by atoms with Gasteiger partial charge in [0.1, 0.15) is 11.5 Å². The molecule has 4 aromatic rings. The number of unbranched alkanes of at least 4 members (excludes halogenated alkanes) is 10. The van der Waals surface area contributed by atoms with E-state index in [-0.39, 0.29) is 30.8 Å². The van der Waals surface area contributed by atoms with Crippen molar-refractivity contribution in [2.24, 2.45) is 5.92 Å². The molecule has 0 unspecified atom stereocenters. The minimum atomic E-state index is -0.620. The number of benzene rings is 4. The van der Waals surface area contributed by atoms with Gasteiger partial charge in [-0.2, -0.15) is 0 Å². The Morgan fingerprint density at radius 2 is 1.27 bits per heavy atom. The summed E-state index contributed by atoms with van der Waals surface area (Å²) in [5.41, 5.74) is 4.08. The quantitative estimate of drug-likeness (QED) is 0.0652. The number of aliphatic hydroxyl groups is 1. The monoisotopic (exact) mass is 763 g/mol. The average molecular weight is 764 g/mol. The van der Waals surface area contributed by atoms with Gasteiger partial charge in [0.25, 0.3) is 0 Å². The number of aliphatic hydroxyl groups excluding tert-OH is 1. The second-order valence-corrected chi connectivity index (χ2v) is 15.3. The zero-order valence-electron chi connectivity index (χ0n) is 34.0. The number of nitrogens with one attached hydrogen (secondary N) is 2. The molecule has 4 aromatic carbocycles. The maximum atomic E-state index is 13.1. The Morgan fingerprint density at radius 1 is 0.661 bits per heavy atom. The number of urea groups is 1. The van der Waals surface area contributed by atoms with Crippen LogP contribution >= 0.6 is 0 Å². The summed E-state index contributed by atoms with van der Waals surface area (Å²) >= 11 is 0. The molecule has 2 amide bonds. The first-order valence-electron chi connectivity index (χ1n) is 21.2. The van der Waals surface area contributed by atoms with Gasteiger partial charge in [-0.1, -0.05) is 140 Å². The maximum Gasteiger partial charge on any atom is 0.323 e. The van der Waals surface area contributed by atoms with Crippen LogP contribution in [0.5, 0.6) is 11.5 Å². The molecule has 3 N–H and O–H groups in total. The number of para-hydroxylation sites is 1. The third-order valence-electron chi connectivity index (χ3n) is 10.7. The van der Waals surface area contributed by atoms with Crippen LogP contribution in [0.2, 0.25) is 0 Å². The number of rotatable bonds is 23. The molecule has 1 saturated heterocycles. The molecule has 0 aliphatic carbocycles. The van der Waals surface area contributed by atoms with Crippen molar-refractivity contribution in [1.82, 2.24) is 4.90 Å². The smallest absolute Gasteiger partial charge is 0.323 e. The van der Waals surface area contributed by atoms with Crippen LogP contribution in [0.3, 0.4) is 0 Å². The van der Waals surface area contributed by atoms with Crippen LogP contribution in [-0.4, -0.2) is 41.8 Å². The number of amides is 2. The van der Waals surface area contributed by atoms with E-state index in [0.717, 1.165) is 42.1 Å². The van der Waals surface area contributed by atoms with Gasteiger partial charge in [0, 0.05) is 29.4 Å². The minimum absolute atomic E-state index is 0.00290. The van der Waals surface area contributed by atoms with Gasteiger partial charge < -0.3 is 34.9 Å². The SMILES string of the molecule is CCCCCCCCN(CCCCCCCC)C[C@@H]1O[C@H](c2cccc(NC(=O)Nc3ccc(Oc4ccccc4)cc3)c2)O[C@H](c2ccc(CO)cc2)[C@@H]1C. The molecule has 0 radical (unpaired) electrons. The van der Waals surface area contributed by atoms with Crippen LogP contribution < -0.4 is 15.4 Å². The Balaban J connectivity index is 1.27. The number of anilines is 2. The molecule has 8 nitrogen and oxygen atoms in total. The molecule has 56 heavy (non-hydrogen) atoms. The Morgan fingerprint density at radius 3 is 1.91 bits per heavy atom. The number of hydrogen-bond donors (Lipinski definition) is 3. The second-order valence-electron chi connectivity index (χ2n) is 15.3. The number of carbonyl (C=O) groups excluding carboxylic acids is 1. The fraction of sp³-hybridized carbons (Fsp3) is 0.479. The van der Waals surface area contributed by atoms with Crippen molar-refractivity contribution in [1.29, 1.82) is 0 Å². The molecule has 4 atom stereocenters. The zero-order valence-corrected chi connectivity index (χ0v) is 34.0. The molecule has 0 spiro atoms. The van der Waals surface area contributed by atoms with Crippen LogP contribution in [0.25, 0.3) is 0 Å². The van der Waals surface area contributed by atoms with E-state index in [1.165, 1.54) is 77.0 Å². The lowest BCUT2D eigenvalue weighted by molar-refractivity contribution is -0.276. The largest absolute Gasteiger partial charge is 0.457 e. The van der Waals surface area contributed by atoms with Gasteiger partial charge in [0.15, 0.2) is 6.29 Å².